The fourth-order valence-electron chi connectivity index (χ4n) is 9.24. The van der Waals surface area contributed by atoms with Gasteiger partial charge < -0.3 is 4.74 Å². The van der Waals surface area contributed by atoms with E-state index in [0.717, 1.165) is 88.6 Å². The van der Waals surface area contributed by atoms with Crippen molar-refractivity contribution < 1.29 is 4.74 Å². The second-order valence-electron chi connectivity index (χ2n) is 15.6. The monoisotopic (exact) mass is 775 g/mol. The van der Waals surface area contributed by atoms with E-state index in [4.69, 9.17) is 14.7 Å². The van der Waals surface area contributed by atoms with Gasteiger partial charge in [-0.25, -0.2) is 9.97 Å². The summed E-state index contributed by atoms with van der Waals surface area (Å²) in [7, 11) is 0. The Hall–Kier alpha value is -8.39. The number of ether oxygens (including phenoxy) is 1. The largest absolute Gasteiger partial charge is 0.456 e. The molecule has 0 saturated heterocycles. The standard InChI is InChI=1S/C57H33N3O/c58-34-35-22-27-45-47-29-28-40(46-20-11-21-54(56(46)47)61-55(45)30-35)36-23-25-37(26-24-36)48-31-49-43-18-9-10-19-44(43)51(32-50(49)42-17-8-7-16-41(42)48)57-59-52(38-12-3-1-4-13-38)33-53(60-57)39-14-5-2-6-15-39/h1-33H. The summed E-state index contributed by atoms with van der Waals surface area (Å²) in [4.78, 5) is 10.5. The maximum Gasteiger partial charge on any atom is 0.161 e. The zero-order valence-corrected chi connectivity index (χ0v) is 32.8. The summed E-state index contributed by atoms with van der Waals surface area (Å²) in [6, 6.07) is 72.3. The van der Waals surface area contributed by atoms with Crippen molar-refractivity contribution in [3.63, 3.8) is 0 Å². The summed E-state index contributed by atoms with van der Waals surface area (Å²) in [5.74, 6) is 2.22. The molecule has 0 atom stereocenters. The van der Waals surface area contributed by atoms with Crippen LogP contribution in [-0.4, -0.2) is 9.97 Å². The summed E-state index contributed by atoms with van der Waals surface area (Å²) in [5, 5.41) is 18.7. The molecule has 282 valence electrons. The van der Waals surface area contributed by atoms with Crippen molar-refractivity contribution in [1.29, 1.82) is 5.26 Å². The molecule has 2 heterocycles. The second-order valence-corrected chi connectivity index (χ2v) is 15.6. The molecule has 0 radical (unpaired) electrons. The molecule has 10 aromatic carbocycles. The first-order valence-corrected chi connectivity index (χ1v) is 20.4. The van der Waals surface area contributed by atoms with Crippen LogP contribution in [0.5, 0.6) is 11.5 Å². The lowest BCUT2D eigenvalue weighted by Crippen LogP contribution is -1.98. The van der Waals surface area contributed by atoms with Crippen LogP contribution in [0.4, 0.5) is 0 Å². The second kappa shape index (κ2) is 13.9. The van der Waals surface area contributed by atoms with Crippen LogP contribution in [0.15, 0.2) is 200 Å². The molecular weight excluding hydrogens is 743 g/mol. The minimum absolute atomic E-state index is 0.584. The van der Waals surface area contributed by atoms with E-state index in [1.165, 1.54) is 21.7 Å². The van der Waals surface area contributed by atoms with Gasteiger partial charge in [0.2, 0.25) is 0 Å². The van der Waals surface area contributed by atoms with Gasteiger partial charge in [0.15, 0.2) is 5.82 Å². The van der Waals surface area contributed by atoms with Gasteiger partial charge in [0.25, 0.3) is 0 Å². The maximum absolute atomic E-state index is 9.50. The third-order valence-electron chi connectivity index (χ3n) is 12.1. The molecule has 1 aliphatic rings. The zero-order valence-electron chi connectivity index (χ0n) is 32.8. The van der Waals surface area contributed by atoms with Gasteiger partial charge in [0.1, 0.15) is 11.5 Å². The SMILES string of the molecule is N#Cc1ccc2c(c1)Oc1cccc3c(-c4ccc(-c5cc6c7ccccc7c(-c7nc(-c8ccccc8)cc(-c8ccccc8)n7)cc6c6ccccc56)cc4)ccc-2c13. The molecule has 4 nitrogen and oxygen atoms in total. The van der Waals surface area contributed by atoms with E-state index in [1.54, 1.807) is 0 Å². The van der Waals surface area contributed by atoms with Gasteiger partial charge in [0.05, 0.1) is 23.0 Å². The topological polar surface area (TPSA) is 58.8 Å². The quantitative estimate of drug-likeness (QED) is 0.163. The van der Waals surface area contributed by atoms with Crippen LogP contribution in [0, 0.1) is 11.3 Å². The van der Waals surface area contributed by atoms with Crippen molar-refractivity contribution in [2.45, 2.75) is 0 Å². The number of fused-ring (bicyclic) bond motifs is 7. The van der Waals surface area contributed by atoms with Crippen molar-refractivity contribution in [3.8, 4) is 84.9 Å². The molecular formula is C57H33N3O. The summed E-state index contributed by atoms with van der Waals surface area (Å²) >= 11 is 0. The van der Waals surface area contributed by atoms with E-state index in [2.05, 4.69) is 164 Å². The first-order valence-electron chi connectivity index (χ1n) is 20.4. The van der Waals surface area contributed by atoms with Gasteiger partial charge >= 0.3 is 0 Å². The highest BCUT2D eigenvalue weighted by atomic mass is 16.5. The number of hydrogen-bond acceptors (Lipinski definition) is 4. The Labute approximate surface area is 352 Å². The maximum atomic E-state index is 9.50. The molecule has 12 rings (SSSR count). The Morgan fingerprint density at radius 2 is 0.869 bits per heavy atom. The van der Waals surface area contributed by atoms with Gasteiger partial charge in [-0.3, -0.25) is 0 Å². The van der Waals surface area contributed by atoms with Crippen LogP contribution in [0.3, 0.4) is 0 Å². The Balaban J connectivity index is 1.01. The van der Waals surface area contributed by atoms with Crippen LogP contribution >= 0.6 is 0 Å². The molecule has 0 fully saturated rings. The van der Waals surface area contributed by atoms with Gasteiger partial charge in [0, 0.05) is 27.6 Å². The Morgan fingerprint density at radius 3 is 1.51 bits per heavy atom. The molecule has 4 heteroatoms. The molecule has 0 unspecified atom stereocenters. The van der Waals surface area contributed by atoms with Crippen LogP contribution < -0.4 is 4.74 Å². The Bertz CT molecular complexity index is 3550. The summed E-state index contributed by atoms with van der Waals surface area (Å²) < 4.78 is 6.39. The number of nitrogens with zero attached hydrogens (tertiary/aromatic N) is 3. The number of hydrogen-bond donors (Lipinski definition) is 0. The highest BCUT2D eigenvalue weighted by Crippen LogP contribution is 2.49. The molecule has 0 spiro atoms. The van der Waals surface area contributed by atoms with Crippen LogP contribution in [-0.2, 0) is 0 Å². The minimum atomic E-state index is 0.584. The molecule has 11 aromatic rings. The lowest BCUT2D eigenvalue weighted by molar-refractivity contribution is 0.487. The molecule has 61 heavy (non-hydrogen) atoms. The van der Waals surface area contributed by atoms with Crippen LogP contribution in [0.1, 0.15) is 5.56 Å². The van der Waals surface area contributed by atoms with E-state index >= 15 is 0 Å². The zero-order chi connectivity index (χ0) is 40.4. The number of nitriles is 1. The molecule has 0 N–H and O–H groups in total. The van der Waals surface area contributed by atoms with Gasteiger partial charge in [-0.05, 0) is 108 Å². The molecule has 1 aliphatic heterocycles. The van der Waals surface area contributed by atoms with Crippen LogP contribution in [0.2, 0.25) is 0 Å². The molecule has 0 amide bonds. The average Bonchev–Trinajstić information content (AvgIpc) is 3.34. The van der Waals surface area contributed by atoms with E-state index in [0.29, 0.717) is 17.1 Å². The highest BCUT2D eigenvalue weighted by molar-refractivity contribution is 6.23. The normalized spacial score (nSPS) is 11.7. The van der Waals surface area contributed by atoms with Crippen molar-refractivity contribution in [2.75, 3.05) is 0 Å². The van der Waals surface area contributed by atoms with Gasteiger partial charge in [-0.2, -0.15) is 5.26 Å². The average molecular weight is 776 g/mol. The summed E-state index contributed by atoms with van der Waals surface area (Å²) in [6.07, 6.45) is 0. The van der Waals surface area contributed by atoms with E-state index in [-0.39, 0.29) is 0 Å². The molecule has 0 saturated carbocycles. The van der Waals surface area contributed by atoms with E-state index in [1.807, 2.05) is 42.5 Å². The van der Waals surface area contributed by atoms with Crippen molar-refractivity contribution in [3.05, 3.63) is 206 Å². The smallest absolute Gasteiger partial charge is 0.161 e. The fourth-order valence-corrected chi connectivity index (χ4v) is 9.24. The fraction of sp³-hybridized carbons (Fsp3) is 0. The first-order chi connectivity index (χ1) is 30.2. The first kappa shape index (κ1) is 34.6. The minimum Gasteiger partial charge on any atom is -0.456 e. The highest BCUT2D eigenvalue weighted by Gasteiger charge is 2.23. The van der Waals surface area contributed by atoms with E-state index < -0.39 is 0 Å². The molecule has 0 bridgehead atoms. The van der Waals surface area contributed by atoms with Gasteiger partial charge in [-0.1, -0.05) is 158 Å². The number of aromatic nitrogens is 2. The van der Waals surface area contributed by atoms with Crippen molar-refractivity contribution in [2.24, 2.45) is 0 Å². The summed E-state index contributed by atoms with van der Waals surface area (Å²) in [6.45, 7) is 0. The third-order valence-corrected chi connectivity index (χ3v) is 12.1. The Kier molecular flexibility index (Phi) is 7.88. The lowest BCUT2D eigenvalue weighted by atomic mass is 9.87. The summed E-state index contributed by atoms with van der Waals surface area (Å²) in [5.41, 5.74) is 12.2. The van der Waals surface area contributed by atoms with Crippen LogP contribution in [0.25, 0.3) is 110 Å². The number of benzene rings is 10. The Morgan fingerprint density at radius 1 is 0.344 bits per heavy atom. The molecule has 0 aliphatic carbocycles. The van der Waals surface area contributed by atoms with Crippen molar-refractivity contribution in [1.82, 2.24) is 9.97 Å². The van der Waals surface area contributed by atoms with E-state index in [9.17, 15) is 5.26 Å². The lowest BCUT2D eigenvalue weighted by Gasteiger charge is -2.22. The predicted molar refractivity (Wildman–Crippen MR) is 249 cm³/mol. The van der Waals surface area contributed by atoms with Gasteiger partial charge in [-0.15, -0.1) is 0 Å². The van der Waals surface area contributed by atoms with Crippen molar-refractivity contribution >= 4 is 43.1 Å². The molecule has 1 aromatic heterocycles. The number of rotatable bonds is 5. The predicted octanol–water partition coefficient (Wildman–Crippen LogP) is 15.1. The third kappa shape index (κ3) is 5.67.